The first kappa shape index (κ1) is 16.1. The second-order valence-electron chi connectivity index (χ2n) is 5.50. The minimum atomic E-state index is -0.430. The Morgan fingerprint density at radius 3 is 2.71 bits per heavy atom. The molecule has 2 N–H and O–H groups in total. The molecule has 122 valence electrons. The molecule has 3 rings (SSSR count). The van der Waals surface area contributed by atoms with Crippen molar-refractivity contribution < 1.29 is 4.79 Å². The molecule has 0 radical (unpaired) electrons. The van der Waals surface area contributed by atoms with Gasteiger partial charge in [-0.1, -0.05) is 53.3 Å². The Bertz CT molecular complexity index is 837. The highest BCUT2D eigenvalue weighted by Gasteiger charge is 2.13. The Morgan fingerprint density at radius 2 is 1.96 bits per heavy atom. The van der Waals surface area contributed by atoms with Crippen molar-refractivity contribution >= 4 is 38.8 Å². The van der Waals surface area contributed by atoms with E-state index in [4.69, 9.17) is 0 Å². The van der Waals surface area contributed by atoms with Gasteiger partial charge in [0, 0.05) is 0 Å². The Kier molecular flexibility index (Phi) is 4.86. The van der Waals surface area contributed by atoms with Gasteiger partial charge in [-0.3, -0.25) is 4.79 Å². The number of nitrogens with zero attached hydrogens (tertiary/aromatic N) is 2. The van der Waals surface area contributed by atoms with Crippen LogP contribution in [0.3, 0.4) is 0 Å². The summed E-state index contributed by atoms with van der Waals surface area (Å²) in [7, 11) is 0. The molecule has 0 bridgehead atoms. The number of aromatic nitrogens is 1. The molecule has 0 aliphatic carbocycles. The number of anilines is 1. The van der Waals surface area contributed by atoms with E-state index >= 15 is 0 Å². The Balaban J connectivity index is 1.57. The van der Waals surface area contributed by atoms with Gasteiger partial charge in [0.1, 0.15) is 6.04 Å². The van der Waals surface area contributed by atoms with E-state index in [2.05, 4.69) is 20.8 Å². The second-order valence-corrected chi connectivity index (χ2v) is 6.53. The molecule has 5 nitrogen and oxygen atoms in total. The van der Waals surface area contributed by atoms with Gasteiger partial charge in [-0.15, -0.1) is 0 Å². The average Bonchev–Trinajstić information content (AvgIpc) is 2.98. The van der Waals surface area contributed by atoms with E-state index in [0.29, 0.717) is 0 Å². The molecule has 0 saturated carbocycles. The van der Waals surface area contributed by atoms with Crippen LogP contribution in [0.15, 0.2) is 53.6 Å². The third-order valence-corrected chi connectivity index (χ3v) is 4.46. The molecule has 0 unspecified atom stereocenters. The highest BCUT2D eigenvalue weighted by Crippen LogP contribution is 2.25. The molecule has 1 atom stereocenters. The number of para-hydroxylation sites is 1. The van der Waals surface area contributed by atoms with Crippen molar-refractivity contribution in [3.8, 4) is 0 Å². The van der Waals surface area contributed by atoms with E-state index in [-0.39, 0.29) is 5.91 Å². The summed E-state index contributed by atoms with van der Waals surface area (Å²) < 4.78 is 1.09. The molecule has 6 heteroatoms. The number of hydrogen-bond acceptors (Lipinski definition) is 5. The van der Waals surface area contributed by atoms with Crippen molar-refractivity contribution in [1.29, 1.82) is 0 Å². The van der Waals surface area contributed by atoms with Crippen LogP contribution in [0.1, 0.15) is 18.1 Å². The van der Waals surface area contributed by atoms with Gasteiger partial charge in [0.05, 0.1) is 16.4 Å². The number of hydrogen-bond donors (Lipinski definition) is 2. The molecule has 1 amide bonds. The summed E-state index contributed by atoms with van der Waals surface area (Å²) in [6.45, 7) is 3.81. The van der Waals surface area contributed by atoms with Gasteiger partial charge in [0.25, 0.3) is 5.91 Å². The fraction of sp³-hybridized carbons (Fsp3) is 0.167. The monoisotopic (exact) mass is 338 g/mol. The Morgan fingerprint density at radius 1 is 1.21 bits per heavy atom. The number of hydrazone groups is 1. The van der Waals surface area contributed by atoms with Crippen molar-refractivity contribution in [2.75, 3.05) is 5.32 Å². The third-order valence-electron chi connectivity index (χ3n) is 3.49. The minimum absolute atomic E-state index is 0.211. The third kappa shape index (κ3) is 3.97. The summed E-state index contributed by atoms with van der Waals surface area (Å²) in [6, 6.07) is 15.4. The summed E-state index contributed by atoms with van der Waals surface area (Å²) in [6.07, 6.45) is 1.63. The van der Waals surface area contributed by atoms with Crippen LogP contribution in [0.5, 0.6) is 0 Å². The van der Waals surface area contributed by atoms with E-state index in [0.717, 1.165) is 20.9 Å². The smallest absolute Gasteiger partial charge is 0.262 e. The van der Waals surface area contributed by atoms with Gasteiger partial charge in [-0.05, 0) is 31.5 Å². The molecular weight excluding hydrogens is 320 g/mol. The topological polar surface area (TPSA) is 66.4 Å². The molecule has 0 fully saturated rings. The van der Waals surface area contributed by atoms with Crippen LogP contribution in [0, 0.1) is 6.92 Å². The highest BCUT2D eigenvalue weighted by atomic mass is 32.1. The molecule has 3 aromatic rings. The maximum atomic E-state index is 12.1. The molecule has 1 heterocycles. The van der Waals surface area contributed by atoms with Crippen LogP contribution in [-0.4, -0.2) is 23.1 Å². The summed E-state index contributed by atoms with van der Waals surface area (Å²) >= 11 is 1.52. The lowest BCUT2D eigenvalue weighted by Gasteiger charge is -2.10. The highest BCUT2D eigenvalue weighted by molar-refractivity contribution is 7.22. The number of thiazole rings is 1. The number of aryl methyl sites for hydroxylation is 1. The van der Waals surface area contributed by atoms with Gasteiger partial charge >= 0.3 is 0 Å². The van der Waals surface area contributed by atoms with Crippen molar-refractivity contribution in [1.82, 2.24) is 10.4 Å². The van der Waals surface area contributed by atoms with Crippen molar-refractivity contribution in [2.45, 2.75) is 19.9 Å². The number of rotatable bonds is 5. The molecule has 0 aliphatic heterocycles. The number of carbonyl (C=O) groups is 1. The molecule has 0 aliphatic rings. The molecule has 1 aromatic heterocycles. The molecule has 2 aromatic carbocycles. The first-order valence-electron chi connectivity index (χ1n) is 7.63. The Labute approximate surface area is 144 Å². The maximum absolute atomic E-state index is 12.1. The normalized spacial score (nSPS) is 12.4. The molecular formula is C18H18N4OS. The number of amides is 1. The summed E-state index contributed by atoms with van der Waals surface area (Å²) in [5, 5.41) is 7.83. The average molecular weight is 338 g/mol. The lowest BCUT2D eigenvalue weighted by Crippen LogP contribution is -2.34. The molecule has 0 spiro atoms. The van der Waals surface area contributed by atoms with E-state index in [1.54, 1.807) is 13.1 Å². The number of benzene rings is 2. The van der Waals surface area contributed by atoms with Crippen molar-refractivity contribution in [3.05, 3.63) is 59.7 Å². The van der Waals surface area contributed by atoms with Gasteiger partial charge in [0.2, 0.25) is 0 Å². The van der Waals surface area contributed by atoms with Gasteiger partial charge in [-0.2, -0.15) is 5.10 Å². The van der Waals surface area contributed by atoms with Gasteiger partial charge in [-0.25, -0.2) is 10.4 Å². The zero-order chi connectivity index (χ0) is 16.9. The first-order chi connectivity index (χ1) is 11.6. The van der Waals surface area contributed by atoms with Gasteiger partial charge < -0.3 is 5.32 Å². The van der Waals surface area contributed by atoms with Crippen LogP contribution >= 0.6 is 11.3 Å². The van der Waals surface area contributed by atoms with Crippen LogP contribution in [0.25, 0.3) is 10.2 Å². The number of carbonyl (C=O) groups excluding carboxylic acids is 1. The number of fused-ring (bicyclic) bond motifs is 1. The largest absolute Gasteiger partial charge is 0.350 e. The minimum Gasteiger partial charge on any atom is -0.350 e. The number of nitrogens with one attached hydrogen (secondary N) is 2. The predicted octanol–water partition coefficient (Wildman–Crippen LogP) is 3.56. The van der Waals surface area contributed by atoms with E-state index in [9.17, 15) is 4.79 Å². The van der Waals surface area contributed by atoms with E-state index in [1.165, 1.54) is 16.9 Å². The molecule has 0 saturated heterocycles. The van der Waals surface area contributed by atoms with Crippen LogP contribution in [0.2, 0.25) is 0 Å². The lowest BCUT2D eigenvalue weighted by atomic mass is 10.2. The van der Waals surface area contributed by atoms with E-state index < -0.39 is 6.04 Å². The van der Waals surface area contributed by atoms with Crippen LogP contribution in [-0.2, 0) is 4.79 Å². The van der Waals surface area contributed by atoms with Crippen LogP contribution < -0.4 is 10.7 Å². The summed E-state index contributed by atoms with van der Waals surface area (Å²) in [5.74, 6) is -0.211. The standard InChI is InChI=1S/C18H18N4OS/c1-12-7-9-14(10-8-12)11-19-22-17(23)13(2)20-18-21-15-5-3-4-6-16(15)24-18/h3-11,13H,1-2H3,(H,20,21)(H,22,23)/b19-11-/t13-/m1/s1. The zero-order valence-corrected chi connectivity index (χ0v) is 14.3. The second kappa shape index (κ2) is 7.23. The quantitative estimate of drug-likeness (QED) is 0.552. The predicted molar refractivity (Wildman–Crippen MR) is 99.6 cm³/mol. The Hall–Kier alpha value is -2.73. The van der Waals surface area contributed by atoms with Crippen molar-refractivity contribution in [2.24, 2.45) is 5.10 Å². The first-order valence-corrected chi connectivity index (χ1v) is 8.45. The van der Waals surface area contributed by atoms with Crippen molar-refractivity contribution in [3.63, 3.8) is 0 Å². The molecule has 24 heavy (non-hydrogen) atoms. The summed E-state index contributed by atoms with van der Waals surface area (Å²) in [5.41, 5.74) is 5.59. The van der Waals surface area contributed by atoms with Crippen LogP contribution in [0.4, 0.5) is 5.13 Å². The lowest BCUT2D eigenvalue weighted by molar-refractivity contribution is -0.121. The maximum Gasteiger partial charge on any atom is 0.262 e. The van der Waals surface area contributed by atoms with Gasteiger partial charge in [0.15, 0.2) is 5.13 Å². The summed E-state index contributed by atoms with van der Waals surface area (Å²) in [4.78, 5) is 16.6. The van der Waals surface area contributed by atoms with E-state index in [1.807, 2.05) is 55.5 Å². The fourth-order valence-corrected chi connectivity index (χ4v) is 3.06. The fourth-order valence-electron chi connectivity index (χ4n) is 2.10. The zero-order valence-electron chi connectivity index (χ0n) is 13.5. The SMILES string of the molecule is Cc1ccc(/C=N\NC(=O)[C@@H](C)Nc2nc3ccccc3s2)cc1.